The lowest BCUT2D eigenvalue weighted by Gasteiger charge is -2.31. The van der Waals surface area contributed by atoms with Crippen molar-refractivity contribution < 1.29 is 22.7 Å². The molecule has 1 saturated heterocycles. The third-order valence-electron chi connectivity index (χ3n) is 5.29. The molecule has 0 bridgehead atoms. The second kappa shape index (κ2) is 9.49. The van der Waals surface area contributed by atoms with Crippen LogP contribution in [0.5, 0.6) is 11.5 Å². The molecule has 1 heterocycles. The van der Waals surface area contributed by atoms with Crippen molar-refractivity contribution in [3.63, 3.8) is 0 Å². The second-order valence-electron chi connectivity index (χ2n) is 7.43. The van der Waals surface area contributed by atoms with Gasteiger partial charge in [-0.3, -0.25) is 4.79 Å². The molecule has 3 rings (SSSR count). The summed E-state index contributed by atoms with van der Waals surface area (Å²) in [5, 5.41) is 2.94. The Hall–Kier alpha value is -2.58. The van der Waals surface area contributed by atoms with Crippen LogP contribution in [0.3, 0.4) is 0 Å². The Morgan fingerprint density at radius 3 is 2.67 bits per heavy atom. The summed E-state index contributed by atoms with van der Waals surface area (Å²) in [6.45, 7) is 2.93. The molecule has 0 saturated carbocycles. The van der Waals surface area contributed by atoms with Gasteiger partial charge in [-0.25, -0.2) is 8.42 Å². The molecule has 2 aromatic rings. The predicted molar refractivity (Wildman–Crippen MR) is 114 cm³/mol. The molecule has 0 aliphatic carbocycles. The van der Waals surface area contributed by atoms with E-state index in [1.54, 1.807) is 12.1 Å². The maximum atomic E-state index is 13.3. The number of rotatable bonds is 7. The fourth-order valence-electron chi connectivity index (χ4n) is 3.66. The zero-order chi connectivity index (χ0) is 21.7. The van der Waals surface area contributed by atoms with Gasteiger partial charge in [0, 0.05) is 25.7 Å². The van der Waals surface area contributed by atoms with Crippen LogP contribution >= 0.6 is 0 Å². The summed E-state index contributed by atoms with van der Waals surface area (Å²) in [6.07, 6.45) is 1.27. The van der Waals surface area contributed by atoms with Crippen molar-refractivity contribution in [1.82, 2.24) is 9.62 Å². The number of nitrogens with one attached hydrogen (secondary N) is 1. The van der Waals surface area contributed by atoms with E-state index in [1.165, 1.54) is 24.6 Å². The number of benzene rings is 2. The van der Waals surface area contributed by atoms with E-state index in [-0.39, 0.29) is 23.1 Å². The van der Waals surface area contributed by atoms with Crippen LogP contribution in [-0.2, 0) is 21.4 Å². The molecule has 1 atom stereocenters. The first kappa shape index (κ1) is 22.1. The SMILES string of the molecule is COc1ccc(OC)c(S(=O)(=O)N2CCCC(C(=O)NCc3cccc(C)c3)C2)c1. The normalized spacial score (nSPS) is 17.4. The van der Waals surface area contributed by atoms with E-state index in [2.05, 4.69) is 5.32 Å². The molecule has 7 nitrogen and oxygen atoms in total. The van der Waals surface area contributed by atoms with E-state index in [4.69, 9.17) is 9.47 Å². The number of amides is 1. The molecule has 1 unspecified atom stereocenters. The maximum Gasteiger partial charge on any atom is 0.246 e. The zero-order valence-corrected chi connectivity index (χ0v) is 18.4. The van der Waals surface area contributed by atoms with Crippen LogP contribution in [0.2, 0.25) is 0 Å². The topological polar surface area (TPSA) is 84.9 Å². The Labute approximate surface area is 178 Å². The number of sulfonamides is 1. The molecule has 2 aromatic carbocycles. The number of carbonyl (C=O) groups is 1. The second-order valence-corrected chi connectivity index (χ2v) is 9.33. The molecule has 1 aliphatic rings. The average Bonchev–Trinajstić information content (AvgIpc) is 2.77. The molecular formula is C22H28N2O5S. The van der Waals surface area contributed by atoms with Gasteiger partial charge in [0.15, 0.2) is 0 Å². The van der Waals surface area contributed by atoms with Gasteiger partial charge in [-0.15, -0.1) is 0 Å². The fourth-order valence-corrected chi connectivity index (χ4v) is 5.35. The van der Waals surface area contributed by atoms with E-state index in [1.807, 2.05) is 31.2 Å². The number of carbonyl (C=O) groups excluding carboxylic acids is 1. The number of aryl methyl sites for hydroxylation is 1. The highest BCUT2D eigenvalue weighted by Crippen LogP contribution is 2.32. The third kappa shape index (κ3) is 4.94. The van der Waals surface area contributed by atoms with E-state index in [0.29, 0.717) is 31.7 Å². The minimum atomic E-state index is -3.83. The Morgan fingerprint density at radius 1 is 1.17 bits per heavy atom. The van der Waals surface area contributed by atoms with E-state index in [9.17, 15) is 13.2 Å². The van der Waals surface area contributed by atoms with Crippen LogP contribution in [0.4, 0.5) is 0 Å². The summed E-state index contributed by atoms with van der Waals surface area (Å²) >= 11 is 0. The summed E-state index contributed by atoms with van der Waals surface area (Å²) in [7, 11) is -0.919. The van der Waals surface area contributed by atoms with Crippen LogP contribution in [0.1, 0.15) is 24.0 Å². The van der Waals surface area contributed by atoms with Gasteiger partial charge in [-0.2, -0.15) is 4.31 Å². The third-order valence-corrected chi connectivity index (χ3v) is 7.18. The molecule has 0 spiro atoms. The summed E-state index contributed by atoms with van der Waals surface area (Å²) < 4.78 is 38.4. The first-order valence-corrected chi connectivity index (χ1v) is 11.3. The highest BCUT2D eigenvalue weighted by molar-refractivity contribution is 7.89. The largest absolute Gasteiger partial charge is 0.497 e. The van der Waals surface area contributed by atoms with E-state index < -0.39 is 15.9 Å². The minimum Gasteiger partial charge on any atom is -0.497 e. The fraction of sp³-hybridized carbons (Fsp3) is 0.409. The summed E-state index contributed by atoms with van der Waals surface area (Å²) in [6, 6.07) is 12.6. The number of hydrogen-bond acceptors (Lipinski definition) is 5. The highest BCUT2D eigenvalue weighted by atomic mass is 32.2. The van der Waals surface area contributed by atoms with Gasteiger partial charge in [0.25, 0.3) is 0 Å². The number of methoxy groups -OCH3 is 2. The summed E-state index contributed by atoms with van der Waals surface area (Å²) in [4.78, 5) is 12.8. The predicted octanol–water partition coefficient (Wildman–Crippen LogP) is 2.73. The van der Waals surface area contributed by atoms with Crippen LogP contribution in [0.25, 0.3) is 0 Å². The Bertz CT molecular complexity index is 1010. The van der Waals surface area contributed by atoms with Crippen LogP contribution in [0, 0.1) is 12.8 Å². The van der Waals surface area contributed by atoms with Gasteiger partial charge in [0.05, 0.1) is 20.1 Å². The average molecular weight is 433 g/mol. The van der Waals surface area contributed by atoms with Gasteiger partial charge < -0.3 is 14.8 Å². The zero-order valence-electron chi connectivity index (χ0n) is 17.6. The van der Waals surface area contributed by atoms with Gasteiger partial charge in [-0.1, -0.05) is 29.8 Å². The van der Waals surface area contributed by atoms with Crippen LogP contribution in [-0.4, -0.2) is 45.9 Å². The Balaban J connectivity index is 1.72. The minimum absolute atomic E-state index is 0.0465. The van der Waals surface area contributed by atoms with Crippen molar-refractivity contribution >= 4 is 15.9 Å². The monoisotopic (exact) mass is 432 g/mol. The maximum absolute atomic E-state index is 13.3. The lowest BCUT2D eigenvalue weighted by Crippen LogP contribution is -2.45. The highest BCUT2D eigenvalue weighted by Gasteiger charge is 2.35. The lowest BCUT2D eigenvalue weighted by molar-refractivity contribution is -0.126. The van der Waals surface area contributed by atoms with Crippen LogP contribution in [0.15, 0.2) is 47.4 Å². The molecule has 0 radical (unpaired) electrons. The van der Waals surface area contributed by atoms with Crippen molar-refractivity contribution in [2.75, 3.05) is 27.3 Å². The van der Waals surface area contributed by atoms with Crippen molar-refractivity contribution in [3.05, 3.63) is 53.6 Å². The molecule has 1 fully saturated rings. The Kier molecular flexibility index (Phi) is 6.99. The van der Waals surface area contributed by atoms with Crippen molar-refractivity contribution in [3.8, 4) is 11.5 Å². The molecule has 8 heteroatoms. The van der Waals surface area contributed by atoms with Gasteiger partial charge in [-0.05, 0) is 37.5 Å². The molecule has 162 valence electrons. The lowest BCUT2D eigenvalue weighted by atomic mass is 9.98. The quantitative estimate of drug-likeness (QED) is 0.727. The number of piperidine rings is 1. The van der Waals surface area contributed by atoms with Crippen molar-refractivity contribution in [2.24, 2.45) is 5.92 Å². The standard InChI is InChI=1S/C22H28N2O5S/c1-16-6-4-7-17(12-16)14-23-22(25)18-8-5-11-24(15-18)30(26,27)21-13-19(28-2)9-10-20(21)29-3/h4,6-7,9-10,12-13,18H,5,8,11,14-15H2,1-3H3,(H,23,25). The molecule has 1 amide bonds. The first-order valence-electron chi connectivity index (χ1n) is 9.90. The van der Waals surface area contributed by atoms with Gasteiger partial charge in [0.1, 0.15) is 16.4 Å². The van der Waals surface area contributed by atoms with Crippen molar-refractivity contribution in [1.29, 1.82) is 0 Å². The molecule has 1 aliphatic heterocycles. The molecule has 0 aromatic heterocycles. The number of hydrogen-bond donors (Lipinski definition) is 1. The molecule has 30 heavy (non-hydrogen) atoms. The van der Waals surface area contributed by atoms with Crippen LogP contribution < -0.4 is 14.8 Å². The summed E-state index contributed by atoms with van der Waals surface area (Å²) in [5.41, 5.74) is 2.15. The van der Waals surface area contributed by atoms with E-state index >= 15 is 0 Å². The first-order chi connectivity index (χ1) is 14.3. The van der Waals surface area contributed by atoms with E-state index in [0.717, 1.165) is 11.1 Å². The van der Waals surface area contributed by atoms with Gasteiger partial charge >= 0.3 is 0 Å². The number of ether oxygens (including phenoxy) is 2. The van der Waals surface area contributed by atoms with Crippen molar-refractivity contribution in [2.45, 2.75) is 31.2 Å². The molecule has 1 N–H and O–H groups in total. The smallest absolute Gasteiger partial charge is 0.246 e. The number of nitrogens with zero attached hydrogens (tertiary/aromatic N) is 1. The van der Waals surface area contributed by atoms with Gasteiger partial charge in [0.2, 0.25) is 15.9 Å². The Morgan fingerprint density at radius 2 is 1.97 bits per heavy atom. The molecular weight excluding hydrogens is 404 g/mol. The summed E-state index contributed by atoms with van der Waals surface area (Å²) in [5.74, 6) is 0.157.